The maximum Gasteiger partial charge on any atom is 0.417 e. The third-order valence-electron chi connectivity index (χ3n) is 2.72. The van der Waals surface area contributed by atoms with Crippen molar-refractivity contribution < 1.29 is 22.8 Å². The lowest BCUT2D eigenvalue weighted by Crippen LogP contribution is -2.27. The van der Waals surface area contributed by atoms with Gasteiger partial charge in [-0.25, -0.2) is 0 Å². The third-order valence-corrected chi connectivity index (χ3v) is 4.05. The van der Waals surface area contributed by atoms with Crippen molar-refractivity contribution in [2.75, 3.05) is 5.32 Å². The van der Waals surface area contributed by atoms with Crippen LogP contribution in [0.4, 0.5) is 18.9 Å². The van der Waals surface area contributed by atoms with Crippen LogP contribution in [0.5, 0.6) is 0 Å². The molecule has 1 heterocycles. The topological polar surface area (TPSA) is 82.1 Å². The molecule has 0 aliphatic carbocycles. The first-order valence-electron chi connectivity index (χ1n) is 5.89. The molecule has 1 aliphatic rings. The van der Waals surface area contributed by atoms with Crippen molar-refractivity contribution in [1.82, 2.24) is 5.32 Å². The summed E-state index contributed by atoms with van der Waals surface area (Å²) in [4.78, 5) is 23.2. The number of nitrogens with one attached hydrogen (secondary N) is 3. The monoisotopic (exact) mass is 351 g/mol. The number of rotatable bonds is 3. The normalized spacial score (nSPS) is 18.3. The number of halogens is 4. The van der Waals surface area contributed by atoms with Crippen molar-refractivity contribution in [3.8, 4) is 0 Å². The fourth-order valence-corrected chi connectivity index (χ4v) is 2.82. The van der Waals surface area contributed by atoms with E-state index >= 15 is 0 Å². The van der Waals surface area contributed by atoms with Crippen LogP contribution < -0.4 is 10.6 Å². The highest BCUT2D eigenvalue weighted by Gasteiger charge is 2.34. The molecular weight excluding hydrogens is 343 g/mol. The van der Waals surface area contributed by atoms with Crippen LogP contribution in [0.2, 0.25) is 5.02 Å². The van der Waals surface area contributed by atoms with E-state index in [1.165, 1.54) is 6.07 Å². The summed E-state index contributed by atoms with van der Waals surface area (Å²) in [6.45, 7) is 0. The predicted molar refractivity (Wildman–Crippen MR) is 76.9 cm³/mol. The van der Waals surface area contributed by atoms with Crippen LogP contribution >= 0.6 is 23.4 Å². The average Bonchev–Trinajstić information content (AvgIpc) is 2.68. The number of anilines is 1. The van der Waals surface area contributed by atoms with Gasteiger partial charge < -0.3 is 10.6 Å². The Morgan fingerprint density at radius 1 is 1.45 bits per heavy atom. The van der Waals surface area contributed by atoms with Gasteiger partial charge in [0.2, 0.25) is 11.8 Å². The molecule has 0 bridgehead atoms. The van der Waals surface area contributed by atoms with Crippen LogP contribution in [-0.4, -0.2) is 22.2 Å². The maximum atomic E-state index is 12.7. The van der Waals surface area contributed by atoms with Crippen molar-refractivity contribution in [1.29, 1.82) is 5.41 Å². The van der Waals surface area contributed by atoms with E-state index in [2.05, 4.69) is 10.6 Å². The van der Waals surface area contributed by atoms with Gasteiger partial charge in [-0.3, -0.25) is 15.0 Å². The smallest absolute Gasteiger partial charge is 0.326 e. The van der Waals surface area contributed by atoms with Gasteiger partial charge in [0, 0.05) is 12.1 Å². The molecule has 22 heavy (non-hydrogen) atoms. The molecule has 5 nitrogen and oxygen atoms in total. The molecule has 1 aromatic carbocycles. The highest BCUT2D eigenvalue weighted by atomic mass is 35.5. The van der Waals surface area contributed by atoms with Crippen molar-refractivity contribution in [3.63, 3.8) is 0 Å². The molecule has 1 aromatic rings. The number of benzene rings is 1. The first-order valence-corrected chi connectivity index (χ1v) is 7.15. The van der Waals surface area contributed by atoms with E-state index < -0.39 is 33.8 Å². The van der Waals surface area contributed by atoms with Gasteiger partial charge in [0.25, 0.3) is 0 Å². The molecule has 0 aromatic heterocycles. The fraction of sp³-hybridized carbons (Fsp3) is 0.250. The van der Waals surface area contributed by atoms with Crippen LogP contribution in [0.25, 0.3) is 0 Å². The largest absolute Gasteiger partial charge is 0.417 e. The number of amidine groups is 1. The van der Waals surface area contributed by atoms with Gasteiger partial charge in [0.05, 0.1) is 10.6 Å². The van der Waals surface area contributed by atoms with E-state index in [-0.39, 0.29) is 17.3 Å². The van der Waals surface area contributed by atoms with E-state index in [0.29, 0.717) is 0 Å². The molecule has 1 atom stereocenters. The molecule has 1 aliphatic heterocycles. The lowest BCUT2D eigenvalue weighted by Gasteiger charge is -2.12. The molecule has 2 rings (SSSR count). The minimum Gasteiger partial charge on any atom is -0.326 e. The van der Waals surface area contributed by atoms with Crippen molar-refractivity contribution in [2.24, 2.45) is 0 Å². The Morgan fingerprint density at radius 2 is 2.14 bits per heavy atom. The number of alkyl halides is 3. The summed E-state index contributed by atoms with van der Waals surface area (Å²) in [5.41, 5.74) is -1.12. The average molecular weight is 352 g/mol. The summed E-state index contributed by atoms with van der Waals surface area (Å²) in [7, 11) is 0. The van der Waals surface area contributed by atoms with Gasteiger partial charge in [-0.05, 0) is 18.2 Å². The van der Waals surface area contributed by atoms with Crippen LogP contribution in [0.3, 0.4) is 0 Å². The zero-order valence-corrected chi connectivity index (χ0v) is 12.3. The van der Waals surface area contributed by atoms with Gasteiger partial charge in [-0.1, -0.05) is 23.4 Å². The quantitative estimate of drug-likeness (QED) is 0.783. The van der Waals surface area contributed by atoms with Crippen LogP contribution in [-0.2, 0) is 15.8 Å². The molecule has 10 heteroatoms. The minimum absolute atomic E-state index is 0.0614. The minimum atomic E-state index is -4.63. The number of carbonyl (C=O) groups excluding carboxylic acids is 2. The van der Waals surface area contributed by atoms with E-state index in [1.54, 1.807) is 0 Å². The van der Waals surface area contributed by atoms with E-state index in [9.17, 15) is 22.8 Å². The van der Waals surface area contributed by atoms with Gasteiger partial charge in [0.1, 0.15) is 5.25 Å². The number of thioether (sulfide) groups is 1. The summed E-state index contributed by atoms with van der Waals surface area (Å²) < 4.78 is 38.1. The Bertz CT molecular complexity index is 651. The molecule has 1 unspecified atom stereocenters. The zero-order valence-electron chi connectivity index (χ0n) is 10.8. The van der Waals surface area contributed by atoms with Gasteiger partial charge in [-0.15, -0.1) is 0 Å². The maximum absolute atomic E-state index is 12.7. The van der Waals surface area contributed by atoms with Crippen LogP contribution in [0, 0.1) is 5.41 Å². The highest BCUT2D eigenvalue weighted by molar-refractivity contribution is 8.15. The second-order valence-electron chi connectivity index (χ2n) is 4.37. The lowest BCUT2D eigenvalue weighted by molar-refractivity contribution is -0.137. The Labute approximate surface area is 132 Å². The summed E-state index contributed by atoms with van der Waals surface area (Å²) in [6, 6.07) is 3.00. The number of amides is 2. The second-order valence-corrected chi connectivity index (χ2v) is 5.99. The fourth-order valence-electron chi connectivity index (χ4n) is 1.75. The summed E-state index contributed by atoms with van der Waals surface area (Å²) in [6.07, 6.45) is -4.88. The molecule has 0 saturated carbocycles. The molecule has 2 amide bonds. The first-order chi connectivity index (χ1) is 10.2. The highest BCUT2D eigenvalue weighted by Crippen LogP contribution is 2.36. The summed E-state index contributed by atoms with van der Waals surface area (Å²) >= 11 is 6.36. The Kier molecular flexibility index (Phi) is 4.66. The van der Waals surface area contributed by atoms with Crippen molar-refractivity contribution in [3.05, 3.63) is 28.8 Å². The molecule has 3 N–H and O–H groups in total. The second kappa shape index (κ2) is 6.17. The Balaban J connectivity index is 2.06. The van der Waals surface area contributed by atoms with E-state index in [1.807, 2.05) is 0 Å². The lowest BCUT2D eigenvalue weighted by atomic mass is 10.2. The SMILES string of the molecule is N=C1NC(=O)C(CC(=O)Nc2ccc(Cl)c(C(F)(F)F)c2)S1. The molecule has 0 spiro atoms. The molecule has 1 fully saturated rings. The predicted octanol–water partition coefficient (Wildman–Crippen LogP) is 2.85. The van der Waals surface area contributed by atoms with Gasteiger partial charge in [0.15, 0.2) is 5.17 Å². The van der Waals surface area contributed by atoms with Crippen LogP contribution in [0.15, 0.2) is 18.2 Å². The van der Waals surface area contributed by atoms with Crippen molar-refractivity contribution in [2.45, 2.75) is 17.8 Å². The number of carbonyl (C=O) groups is 2. The van der Waals surface area contributed by atoms with E-state index in [0.717, 1.165) is 23.9 Å². The third kappa shape index (κ3) is 3.92. The summed E-state index contributed by atoms with van der Waals surface area (Å²) in [5.74, 6) is -1.10. The molecule has 1 saturated heterocycles. The molecule has 118 valence electrons. The van der Waals surface area contributed by atoms with Gasteiger partial charge in [-0.2, -0.15) is 13.2 Å². The van der Waals surface area contributed by atoms with E-state index in [4.69, 9.17) is 17.0 Å². The summed E-state index contributed by atoms with van der Waals surface area (Å²) in [5, 5.41) is 10.5. The number of hydrogen-bond donors (Lipinski definition) is 3. The standard InChI is InChI=1S/C12H9ClF3N3O2S/c13-7-2-1-5(3-6(7)12(14,15)16)18-9(20)4-8-10(21)19-11(17)22-8/h1-3,8H,4H2,(H,18,20)(H2,17,19,21). The molecule has 0 radical (unpaired) electrons. The Hall–Kier alpha value is -1.74. The van der Waals surface area contributed by atoms with Crippen molar-refractivity contribution >= 4 is 46.0 Å². The number of hydrogen-bond acceptors (Lipinski definition) is 4. The first kappa shape index (κ1) is 16.6. The van der Waals surface area contributed by atoms with Crippen LogP contribution in [0.1, 0.15) is 12.0 Å². The van der Waals surface area contributed by atoms with Gasteiger partial charge >= 0.3 is 6.18 Å². The Morgan fingerprint density at radius 3 is 2.68 bits per heavy atom. The zero-order chi connectivity index (χ0) is 16.5. The molecular formula is C12H9ClF3N3O2S.